The molecule has 2 aromatic rings. The topological polar surface area (TPSA) is 29.9 Å². The molecule has 2 heterocycles. The third-order valence-corrected chi connectivity index (χ3v) is 3.64. The Bertz CT molecular complexity index is 533. The number of fused-ring (bicyclic) bond motifs is 1. The van der Waals surface area contributed by atoms with Gasteiger partial charge in [0.2, 0.25) is 0 Å². The third-order valence-electron chi connectivity index (χ3n) is 2.96. The van der Waals surface area contributed by atoms with Gasteiger partial charge in [0.1, 0.15) is 0 Å². The lowest BCUT2D eigenvalue weighted by atomic mass is 10.2. The predicted molar refractivity (Wildman–Crippen MR) is 66.5 cm³/mol. The van der Waals surface area contributed by atoms with Crippen molar-refractivity contribution >= 4 is 15.9 Å². The van der Waals surface area contributed by atoms with Crippen molar-refractivity contribution in [2.75, 3.05) is 0 Å². The first-order valence-electron chi connectivity index (χ1n) is 5.32. The molecular weight excluding hydrogens is 266 g/mol. The second-order valence-electron chi connectivity index (χ2n) is 4.03. The molecule has 1 aliphatic rings. The SMILES string of the molecule is CC1NCc2nn(-c3ccccc3Br)cc21. The van der Waals surface area contributed by atoms with Crippen LogP contribution in [0.4, 0.5) is 0 Å². The van der Waals surface area contributed by atoms with Crippen molar-refractivity contribution < 1.29 is 0 Å². The van der Waals surface area contributed by atoms with Crippen molar-refractivity contribution in [3.05, 3.63) is 46.2 Å². The highest BCUT2D eigenvalue weighted by Crippen LogP contribution is 2.27. The van der Waals surface area contributed by atoms with Gasteiger partial charge in [0.15, 0.2) is 0 Å². The van der Waals surface area contributed by atoms with Gasteiger partial charge >= 0.3 is 0 Å². The molecule has 1 N–H and O–H groups in total. The van der Waals surface area contributed by atoms with Crippen molar-refractivity contribution in [1.29, 1.82) is 0 Å². The molecule has 0 spiro atoms. The normalized spacial score (nSPS) is 18.8. The summed E-state index contributed by atoms with van der Waals surface area (Å²) in [7, 11) is 0. The van der Waals surface area contributed by atoms with Gasteiger partial charge in [0.25, 0.3) is 0 Å². The van der Waals surface area contributed by atoms with Crippen LogP contribution in [0.15, 0.2) is 34.9 Å². The predicted octanol–water partition coefficient (Wildman–Crippen LogP) is 2.80. The Morgan fingerprint density at radius 2 is 2.25 bits per heavy atom. The van der Waals surface area contributed by atoms with E-state index in [-0.39, 0.29) is 0 Å². The lowest BCUT2D eigenvalue weighted by Crippen LogP contribution is -2.09. The van der Waals surface area contributed by atoms with Crippen molar-refractivity contribution in [3.8, 4) is 5.69 Å². The van der Waals surface area contributed by atoms with Crippen molar-refractivity contribution in [2.24, 2.45) is 0 Å². The summed E-state index contributed by atoms with van der Waals surface area (Å²) >= 11 is 3.55. The van der Waals surface area contributed by atoms with Gasteiger partial charge in [-0.15, -0.1) is 0 Å². The number of hydrogen-bond acceptors (Lipinski definition) is 2. The van der Waals surface area contributed by atoms with E-state index in [0.29, 0.717) is 6.04 Å². The number of rotatable bonds is 1. The first-order chi connectivity index (χ1) is 7.75. The van der Waals surface area contributed by atoms with Gasteiger partial charge in [-0.25, -0.2) is 4.68 Å². The molecule has 0 radical (unpaired) electrons. The summed E-state index contributed by atoms with van der Waals surface area (Å²) in [6.07, 6.45) is 2.11. The molecule has 82 valence electrons. The van der Waals surface area contributed by atoms with E-state index in [0.717, 1.165) is 22.4 Å². The Labute approximate surface area is 103 Å². The maximum atomic E-state index is 4.60. The van der Waals surface area contributed by atoms with Crippen molar-refractivity contribution in [2.45, 2.75) is 19.5 Å². The van der Waals surface area contributed by atoms with E-state index in [1.54, 1.807) is 0 Å². The number of benzene rings is 1. The van der Waals surface area contributed by atoms with Crippen LogP contribution in [0.5, 0.6) is 0 Å². The van der Waals surface area contributed by atoms with E-state index in [1.165, 1.54) is 5.56 Å². The van der Waals surface area contributed by atoms with Crippen LogP contribution in [0.2, 0.25) is 0 Å². The summed E-state index contributed by atoms with van der Waals surface area (Å²) in [5.74, 6) is 0. The molecule has 1 aromatic carbocycles. The second-order valence-corrected chi connectivity index (χ2v) is 4.88. The molecule has 0 saturated carbocycles. The van der Waals surface area contributed by atoms with E-state index in [9.17, 15) is 0 Å². The zero-order valence-corrected chi connectivity index (χ0v) is 10.5. The molecule has 0 bridgehead atoms. The van der Waals surface area contributed by atoms with E-state index in [1.807, 2.05) is 22.9 Å². The van der Waals surface area contributed by atoms with Gasteiger partial charge in [-0.2, -0.15) is 5.10 Å². The zero-order valence-electron chi connectivity index (χ0n) is 8.94. The highest BCUT2D eigenvalue weighted by Gasteiger charge is 2.22. The minimum absolute atomic E-state index is 0.409. The molecule has 1 aliphatic heterocycles. The molecular formula is C12H12BrN3. The number of hydrogen-bond donors (Lipinski definition) is 1. The van der Waals surface area contributed by atoms with Gasteiger partial charge in [-0.3, -0.25) is 0 Å². The minimum atomic E-state index is 0.409. The second kappa shape index (κ2) is 3.71. The molecule has 0 fully saturated rings. The molecule has 1 atom stereocenters. The highest BCUT2D eigenvalue weighted by atomic mass is 79.9. The first kappa shape index (κ1) is 10.1. The molecule has 1 unspecified atom stereocenters. The van der Waals surface area contributed by atoms with E-state index >= 15 is 0 Å². The maximum Gasteiger partial charge on any atom is 0.0814 e. The van der Waals surface area contributed by atoms with E-state index < -0.39 is 0 Å². The van der Waals surface area contributed by atoms with Crippen LogP contribution in [0.25, 0.3) is 5.69 Å². The molecule has 0 saturated heterocycles. The number of nitrogens with one attached hydrogen (secondary N) is 1. The summed E-state index contributed by atoms with van der Waals surface area (Å²) in [6.45, 7) is 3.03. The van der Waals surface area contributed by atoms with Crippen LogP contribution in [-0.2, 0) is 6.54 Å². The van der Waals surface area contributed by atoms with Gasteiger partial charge in [-0.05, 0) is 35.0 Å². The summed E-state index contributed by atoms with van der Waals surface area (Å²) in [5, 5.41) is 7.97. The molecule has 16 heavy (non-hydrogen) atoms. The van der Waals surface area contributed by atoms with Crippen LogP contribution in [0, 0.1) is 0 Å². The van der Waals surface area contributed by atoms with Crippen LogP contribution in [0.3, 0.4) is 0 Å². The van der Waals surface area contributed by atoms with Gasteiger partial charge in [0.05, 0.1) is 11.4 Å². The van der Waals surface area contributed by atoms with Gasteiger partial charge in [0, 0.05) is 28.8 Å². The zero-order chi connectivity index (χ0) is 11.1. The Morgan fingerprint density at radius 1 is 1.44 bits per heavy atom. The summed E-state index contributed by atoms with van der Waals surface area (Å²) in [4.78, 5) is 0. The third kappa shape index (κ3) is 1.49. The summed E-state index contributed by atoms with van der Waals surface area (Å²) in [6, 6.07) is 8.53. The maximum absolute atomic E-state index is 4.60. The summed E-state index contributed by atoms with van der Waals surface area (Å²) < 4.78 is 3.02. The fourth-order valence-electron chi connectivity index (χ4n) is 2.04. The Balaban J connectivity index is 2.09. The average Bonchev–Trinajstić information content (AvgIpc) is 2.82. The molecule has 3 nitrogen and oxygen atoms in total. The molecule has 0 aliphatic carbocycles. The molecule has 1 aromatic heterocycles. The van der Waals surface area contributed by atoms with E-state index in [2.05, 4.69) is 45.5 Å². The monoisotopic (exact) mass is 277 g/mol. The number of para-hydroxylation sites is 1. The first-order valence-corrected chi connectivity index (χ1v) is 6.12. The summed E-state index contributed by atoms with van der Waals surface area (Å²) in [5.41, 5.74) is 3.54. The lowest BCUT2D eigenvalue weighted by molar-refractivity contribution is 0.617. The standard InChI is InChI=1S/C12H12BrN3/c1-8-9-7-16(15-11(9)6-14-8)12-5-3-2-4-10(12)13/h2-5,7-8,14H,6H2,1H3. The Hall–Kier alpha value is -1.13. The molecule has 4 heteroatoms. The largest absolute Gasteiger partial charge is 0.304 e. The van der Waals surface area contributed by atoms with Crippen LogP contribution in [-0.4, -0.2) is 9.78 Å². The van der Waals surface area contributed by atoms with Gasteiger partial charge in [-0.1, -0.05) is 12.1 Å². The number of nitrogens with zero attached hydrogens (tertiary/aromatic N) is 2. The smallest absolute Gasteiger partial charge is 0.0814 e. The molecule has 3 rings (SSSR count). The quantitative estimate of drug-likeness (QED) is 0.869. The Kier molecular flexibility index (Phi) is 2.33. The number of aromatic nitrogens is 2. The van der Waals surface area contributed by atoms with Crippen molar-refractivity contribution in [1.82, 2.24) is 15.1 Å². The fraction of sp³-hybridized carbons (Fsp3) is 0.250. The average molecular weight is 278 g/mol. The lowest BCUT2D eigenvalue weighted by Gasteiger charge is -2.05. The Morgan fingerprint density at radius 3 is 3.00 bits per heavy atom. The highest BCUT2D eigenvalue weighted by molar-refractivity contribution is 9.10. The fourth-order valence-corrected chi connectivity index (χ4v) is 2.51. The van der Waals surface area contributed by atoms with Crippen LogP contribution in [0.1, 0.15) is 24.2 Å². The minimum Gasteiger partial charge on any atom is -0.304 e. The number of halogens is 1. The van der Waals surface area contributed by atoms with Crippen LogP contribution < -0.4 is 5.32 Å². The van der Waals surface area contributed by atoms with E-state index in [4.69, 9.17) is 0 Å². The van der Waals surface area contributed by atoms with Crippen molar-refractivity contribution in [3.63, 3.8) is 0 Å². The van der Waals surface area contributed by atoms with Crippen LogP contribution >= 0.6 is 15.9 Å². The van der Waals surface area contributed by atoms with Gasteiger partial charge < -0.3 is 5.32 Å². The molecule has 0 amide bonds.